The second-order valence-electron chi connectivity index (χ2n) is 9.82. The number of imide groups is 1. The number of Topliss-reactive ketones (excluding diaryl/α,β-unsaturated/α-hetero) is 2. The van der Waals surface area contributed by atoms with Gasteiger partial charge in [-0.15, -0.1) is 0 Å². The van der Waals surface area contributed by atoms with E-state index in [1.807, 2.05) is 24.4 Å². The van der Waals surface area contributed by atoms with Crippen LogP contribution >= 0.6 is 11.6 Å². The summed E-state index contributed by atoms with van der Waals surface area (Å²) in [7, 11) is 0. The Balaban J connectivity index is 1.20. The number of nitrogens with one attached hydrogen (secondary N) is 3. The summed E-state index contributed by atoms with van der Waals surface area (Å²) < 4.78 is 0. The molecule has 9 nitrogen and oxygen atoms in total. The number of halogens is 1. The molecule has 1 aliphatic carbocycles. The highest BCUT2D eigenvalue weighted by Gasteiger charge is 2.40. The molecule has 0 bridgehead atoms. The number of fused-ring (bicyclic) bond motifs is 2. The van der Waals surface area contributed by atoms with Gasteiger partial charge in [0.15, 0.2) is 11.6 Å². The zero-order valence-electron chi connectivity index (χ0n) is 20.2. The Morgan fingerprint density at radius 3 is 2.58 bits per heavy atom. The Morgan fingerprint density at radius 1 is 1.03 bits per heavy atom. The van der Waals surface area contributed by atoms with Crippen LogP contribution in [0.3, 0.4) is 0 Å². The number of benzene rings is 2. The maximum Gasteiger partial charge on any atom is 0.255 e. The standard InChI is InChI=1S/C28H23ClN4O5/c29-20-8-14-6-7-30-22(14)11-17(20)15-9-24(34)18(25(35)10-15)12-31-21-3-1-2-16-19(21)13-33(28(16)38)23-4-5-26(36)32-27(23)37/h1-3,6-8,11-12,15,23,30-31H,4-5,9-10,13H2,(H,32,36,37). The van der Waals surface area contributed by atoms with Crippen LogP contribution in [0.4, 0.5) is 5.69 Å². The molecule has 2 aliphatic heterocycles. The van der Waals surface area contributed by atoms with Gasteiger partial charge in [-0.3, -0.25) is 29.3 Å². The molecule has 3 aromatic rings. The number of H-pyrrole nitrogens is 1. The van der Waals surface area contributed by atoms with Gasteiger partial charge in [0.2, 0.25) is 11.8 Å². The number of amides is 3. The van der Waals surface area contributed by atoms with Crippen molar-refractivity contribution < 1.29 is 24.0 Å². The molecule has 2 fully saturated rings. The molecule has 3 amide bonds. The quantitative estimate of drug-likeness (QED) is 0.269. The molecule has 38 heavy (non-hydrogen) atoms. The lowest BCUT2D eigenvalue weighted by Gasteiger charge is -2.29. The van der Waals surface area contributed by atoms with E-state index in [9.17, 15) is 24.0 Å². The van der Waals surface area contributed by atoms with E-state index in [4.69, 9.17) is 11.6 Å². The first kappa shape index (κ1) is 24.1. The predicted octanol–water partition coefficient (Wildman–Crippen LogP) is 3.59. The molecular formula is C28H23ClN4O5. The average molecular weight is 531 g/mol. The highest BCUT2D eigenvalue weighted by atomic mass is 35.5. The number of carbonyl (C=O) groups is 5. The van der Waals surface area contributed by atoms with Crippen molar-refractivity contribution in [1.82, 2.24) is 15.2 Å². The Labute approximate surface area is 222 Å². The van der Waals surface area contributed by atoms with Crippen LogP contribution in [0.1, 0.15) is 53.1 Å². The van der Waals surface area contributed by atoms with E-state index in [2.05, 4.69) is 15.6 Å². The third kappa shape index (κ3) is 4.09. The Morgan fingerprint density at radius 2 is 1.82 bits per heavy atom. The zero-order valence-corrected chi connectivity index (χ0v) is 20.9. The molecule has 1 atom stereocenters. The van der Waals surface area contributed by atoms with Crippen molar-refractivity contribution in [3.05, 3.63) is 76.1 Å². The van der Waals surface area contributed by atoms with Gasteiger partial charge in [0.05, 0.1) is 5.57 Å². The minimum atomic E-state index is -0.728. The molecule has 1 saturated heterocycles. The van der Waals surface area contributed by atoms with E-state index in [-0.39, 0.29) is 67.1 Å². The lowest BCUT2D eigenvalue weighted by Crippen LogP contribution is -2.52. The van der Waals surface area contributed by atoms with Gasteiger partial charge in [0.25, 0.3) is 5.91 Å². The maximum absolute atomic E-state index is 13.0. The molecule has 6 rings (SSSR count). The van der Waals surface area contributed by atoms with Crippen molar-refractivity contribution in [2.45, 2.75) is 44.2 Å². The Bertz CT molecular complexity index is 1570. The first-order chi connectivity index (χ1) is 18.3. The van der Waals surface area contributed by atoms with Gasteiger partial charge in [-0.2, -0.15) is 0 Å². The molecule has 2 aromatic carbocycles. The van der Waals surface area contributed by atoms with Crippen LogP contribution in [-0.4, -0.2) is 45.2 Å². The summed E-state index contributed by atoms with van der Waals surface area (Å²) in [5.74, 6) is -2.00. The lowest BCUT2D eigenvalue weighted by molar-refractivity contribution is -0.137. The lowest BCUT2D eigenvalue weighted by atomic mass is 9.80. The van der Waals surface area contributed by atoms with Crippen molar-refractivity contribution in [2.24, 2.45) is 0 Å². The van der Waals surface area contributed by atoms with Gasteiger partial charge in [0, 0.05) is 70.9 Å². The normalized spacial score (nSPS) is 21.7. The van der Waals surface area contributed by atoms with Crippen LogP contribution in [0.2, 0.25) is 5.02 Å². The summed E-state index contributed by atoms with van der Waals surface area (Å²) in [6.07, 6.45) is 3.96. The molecule has 3 aliphatic rings. The van der Waals surface area contributed by atoms with Crippen LogP contribution in [-0.2, 0) is 25.7 Å². The Kier molecular flexibility index (Phi) is 5.87. The number of ketones is 2. The largest absolute Gasteiger partial charge is 0.361 e. The highest BCUT2D eigenvalue weighted by Crippen LogP contribution is 2.38. The van der Waals surface area contributed by atoms with E-state index in [0.717, 1.165) is 16.5 Å². The van der Waals surface area contributed by atoms with E-state index >= 15 is 0 Å². The molecule has 192 valence electrons. The first-order valence-electron chi connectivity index (χ1n) is 12.4. The number of aromatic amines is 1. The number of hydrogen-bond acceptors (Lipinski definition) is 6. The predicted molar refractivity (Wildman–Crippen MR) is 139 cm³/mol. The number of anilines is 1. The zero-order chi connectivity index (χ0) is 26.6. The molecule has 10 heteroatoms. The fourth-order valence-electron chi connectivity index (χ4n) is 5.55. The van der Waals surface area contributed by atoms with E-state index < -0.39 is 11.9 Å². The van der Waals surface area contributed by atoms with E-state index in [1.165, 1.54) is 11.1 Å². The first-order valence-corrected chi connectivity index (χ1v) is 12.7. The van der Waals surface area contributed by atoms with Gasteiger partial charge < -0.3 is 15.2 Å². The maximum atomic E-state index is 13.0. The summed E-state index contributed by atoms with van der Waals surface area (Å²) in [5, 5.41) is 6.83. The third-order valence-electron chi connectivity index (χ3n) is 7.53. The molecule has 0 radical (unpaired) electrons. The van der Waals surface area contributed by atoms with Gasteiger partial charge in [0.1, 0.15) is 6.04 Å². The Hall–Kier alpha value is -4.24. The molecule has 1 unspecified atom stereocenters. The van der Waals surface area contributed by atoms with Crippen molar-refractivity contribution in [1.29, 1.82) is 0 Å². The van der Waals surface area contributed by atoms with Crippen LogP contribution in [0.15, 0.2) is 54.4 Å². The SMILES string of the molecule is O=C1CCC(N2Cc3c(NC=C4C(=O)CC(c5cc6[nH]ccc6cc5Cl)CC4=O)cccc3C2=O)C(=O)N1. The van der Waals surface area contributed by atoms with Gasteiger partial charge in [-0.25, -0.2) is 0 Å². The van der Waals surface area contributed by atoms with Crippen molar-refractivity contribution in [3.63, 3.8) is 0 Å². The monoisotopic (exact) mass is 530 g/mol. The number of rotatable bonds is 4. The number of carbonyl (C=O) groups excluding carboxylic acids is 5. The van der Waals surface area contributed by atoms with Crippen LogP contribution < -0.4 is 10.6 Å². The highest BCUT2D eigenvalue weighted by molar-refractivity contribution is 6.32. The fraction of sp³-hybridized carbons (Fsp3) is 0.250. The number of aromatic nitrogens is 1. The third-order valence-corrected chi connectivity index (χ3v) is 7.86. The second kappa shape index (κ2) is 9.25. The van der Waals surface area contributed by atoms with Crippen molar-refractivity contribution in [3.8, 4) is 0 Å². The van der Waals surface area contributed by atoms with E-state index in [0.29, 0.717) is 21.8 Å². The molecule has 0 spiro atoms. The molecule has 3 N–H and O–H groups in total. The minimum Gasteiger partial charge on any atom is -0.361 e. The van der Waals surface area contributed by atoms with Crippen LogP contribution in [0.25, 0.3) is 10.9 Å². The minimum absolute atomic E-state index is 0.0716. The van der Waals surface area contributed by atoms with Crippen molar-refractivity contribution >= 4 is 57.5 Å². The molecule has 3 heterocycles. The van der Waals surface area contributed by atoms with Crippen LogP contribution in [0.5, 0.6) is 0 Å². The fourth-order valence-corrected chi connectivity index (χ4v) is 5.88. The summed E-state index contributed by atoms with van der Waals surface area (Å²) in [4.78, 5) is 67.6. The number of piperidine rings is 1. The number of nitrogens with zero attached hydrogens (tertiary/aromatic N) is 1. The van der Waals surface area contributed by atoms with Gasteiger partial charge >= 0.3 is 0 Å². The van der Waals surface area contributed by atoms with Gasteiger partial charge in [-0.1, -0.05) is 17.7 Å². The van der Waals surface area contributed by atoms with Gasteiger partial charge in [-0.05, 0) is 48.2 Å². The number of allylic oxidation sites excluding steroid dienone is 1. The summed E-state index contributed by atoms with van der Waals surface area (Å²) >= 11 is 6.48. The summed E-state index contributed by atoms with van der Waals surface area (Å²) in [6, 6.07) is 10.0. The summed E-state index contributed by atoms with van der Waals surface area (Å²) in [6.45, 7) is 0.177. The van der Waals surface area contributed by atoms with Crippen LogP contribution in [0, 0.1) is 0 Å². The smallest absolute Gasteiger partial charge is 0.255 e. The summed E-state index contributed by atoms with van der Waals surface area (Å²) in [5.41, 5.74) is 3.41. The van der Waals surface area contributed by atoms with E-state index in [1.54, 1.807) is 18.2 Å². The number of hydrogen-bond donors (Lipinski definition) is 3. The molecular weight excluding hydrogens is 508 g/mol. The van der Waals surface area contributed by atoms with Crippen molar-refractivity contribution in [2.75, 3.05) is 5.32 Å². The second-order valence-corrected chi connectivity index (χ2v) is 10.2. The average Bonchev–Trinajstić information content (AvgIpc) is 3.47. The molecule has 1 saturated carbocycles. The topological polar surface area (TPSA) is 128 Å². The molecule has 1 aromatic heterocycles.